The molecule has 4 heteroatoms. The van der Waals surface area contributed by atoms with E-state index < -0.39 is 0 Å². The molecular weight excluding hydrogens is 264 g/mol. The van der Waals surface area contributed by atoms with Crippen molar-refractivity contribution in [1.82, 2.24) is 10.3 Å². The van der Waals surface area contributed by atoms with Crippen LogP contribution in [0.1, 0.15) is 33.1 Å². The molecular formula is C17H24N2O2. The molecule has 21 heavy (non-hydrogen) atoms. The van der Waals surface area contributed by atoms with Crippen molar-refractivity contribution in [2.45, 2.75) is 39.7 Å². The van der Waals surface area contributed by atoms with Gasteiger partial charge in [-0.15, -0.1) is 0 Å². The van der Waals surface area contributed by atoms with Crippen molar-refractivity contribution in [1.29, 1.82) is 0 Å². The van der Waals surface area contributed by atoms with Crippen molar-refractivity contribution in [3.63, 3.8) is 0 Å². The van der Waals surface area contributed by atoms with E-state index in [0.29, 0.717) is 12.6 Å². The maximum absolute atomic E-state index is 5.84. The standard InChI is InChI=1S/C17H24N2O2/c1-4-20-15-9-6-5-8-14(15)16-12-19-17(21-16)10-7-11-18-13(2)3/h5-6,8-9,12-13,18H,4,7,10-11H2,1-3H3. The smallest absolute Gasteiger partial charge is 0.194 e. The first-order valence-electron chi connectivity index (χ1n) is 7.61. The van der Waals surface area contributed by atoms with Crippen LogP contribution in [0.4, 0.5) is 0 Å². The maximum Gasteiger partial charge on any atom is 0.194 e. The van der Waals surface area contributed by atoms with E-state index in [0.717, 1.165) is 42.4 Å². The lowest BCUT2D eigenvalue weighted by Gasteiger charge is -2.07. The van der Waals surface area contributed by atoms with Crippen LogP contribution in [-0.2, 0) is 6.42 Å². The van der Waals surface area contributed by atoms with Crippen molar-refractivity contribution in [3.05, 3.63) is 36.4 Å². The van der Waals surface area contributed by atoms with Crippen LogP contribution in [0.25, 0.3) is 11.3 Å². The van der Waals surface area contributed by atoms with Gasteiger partial charge in [0.2, 0.25) is 0 Å². The molecule has 0 fully saturated rings. The van der Waals surface area contributed by atoms with Gasteiger partial charge in [0.15, 0.2) is 11.7 Å². The molecule has 0 unspecified atom stereocenters. The van der Waals surface area contributed by atoms with E-state index in [9.17, 15) is 0 Å². The van der Waals surface area contributed by atoms with Crippen LogP contribution in [-0.4, -0.2) is 24.2 Å². The Kier molecular flexibility index (Phi) is 5.81. The van der Waals surface area contributed by atoms with Crippen molar-refractivity contribution in [3.8, 4) is 17.1 Å². The summed E-state index contributed by atoms with van der Waals surface area (Å²) in [6.45, 7) is 7.88. The Morgan fingerprint density at radius 1 is 1.29 bits per heavy atom. The van der Waals surface area contributed by atoms with Gasteiger partial charge in [0.25, 0.3) is 0 Å². The van der Waals surface area contributed by atoms with Crippen LogP contribution in [0.2, 0.25) is 0 Å². The van der Waals surface area contributed by atoms with E-state index in [2.05, 4.69) is 24.1 Å². The summed E-state index contributed by atoms with van der Waals surface area (Å²) in [5, 5.41) is 3.39. The number of para-hydroxylation sites is 1. The second-order valence-electron chi connectivity index (χ2n) is 5.26. The molecule has 0 aliphatic rings. The highest BCUT2D eigenvalue weighted by Crippen LogP contribution is 2.30. The molecule has 2 aromatic rings. The first-order chi connectivity index (χ1) is 10.2. The van der Waals surface area contributed by atoms with Crippen LogP contribution in [0.3, 0.4) is 0 Å². The Hall–Kier alpha value is -1.81. The average Bonchev–Trinajstić information content (AvgIpc) is 2.93. The average molecular weight is 288 g/mol. The second-order valence-corrected chi connectivity index (χ2v) is 5.26. The molecule has 0 saturated carbocycles. The van der Waals surface area contributed by atoms with Gasteiger partial charge in [-0.2, -0.15) is 0 Å². The molecule has 1 aromatic heterocycles. The SMILES string of the molecule is CCOc1ccccc1-c1cnc(CCCNC(C)C)o1. The van der Waals surface area contributed by atoms with Gasteiger partial charge in [0.05, 0.1) is 18.4 Å². The molecule has 0 saturated heterocycles. The summed E-state index contributed by atoms with van der Waals surface area (Å²) in [4.78, 5) is 4.36. The number of nitrogens with one attached hydrogen (secondary N) is 1. The highest BCUT2D eigenvalue weighted by atomic mass is 16.5. The number of benzene rings is 1. The summed E-state index contributed by atoms with van der Waals surface area (Å²) < 4.78 is 11.5. The van der Waals surface area contributed by atoms with Crippen molar-refractivity contribution in [2.75, 3.05) is 13.2 Å². The summed E-state index contributed by atoms with van der Waals surface area (Å²) in [5.41, 5.74) is 0.957. The third-order valence-corrected chi connectivity index (χ3v) is 3.13. The third kappa shape index (κ3) is 4.60. The maximum atomic E-state index is 5.84. The van der Waals surface area contributed by atoms with E-state index >= 15 is 0 Å². The lowest BCUT2D eigenvalue weighted by Crippen LogP contribution is -2.23. The van der Waals surface area contributed by atoms with Crippen molar-refractivity contribution >= 4 is 0 Å². The Bertz CT molecular complexity index is 549. The fourth-order valence-electron chi connectivity index (χ4n) is 2.13. The Labute approximate surface area is 126 Å². The van der Waals surface area contributed by atoms with Crippen molar-refractivity contribution in [2.24, 2.45) is 0 Å². The molecule has 4 nitrogen and oxygen atoms in total. The first kappa shape index (κ1) is 15.6. The van der Waals surface area contributed by atoms with E-state index in [4.69, 9.17) is 9.15 Å². The molecule has 0 aliphatic carbocycles. The van der Waals surface area contributed by atoms with E-state index in [1.165, 1.54) is 0 Å². The molecule has 0 atom stereocenters. The quantitative estimate of drug-likeness (QED) is 0.753. The summed E-state index contributed by atoms with van der Waals surface area (Å²) >= 11 is 0. The number of aryl methyl sites for hydroxylation is 1. The number of nitrogens with zero attached hydrogens (tertiary/aromatic N) is 1. The molecule has 0 radical (unpaired) electrons. The zero-order valence-electron chi connectivity index (χ0n) is 13.1. The van der Waals surface area contributed by atoms with Crippen LogP contribution in [0.15, 0.2) is 34.9 Å². The number of oxazole rings is 1. The lowest BCUT2D eigenvalue weighted by molar-refractivity contribution is 0.340. The normalized spacial score (nSPS) is 11.0. The molecule has 0 spiro atoms. The minimum absolute atomic E-state index is 0.517. The zero-order valence-corrected chi connectivity index (χ0v) is 13.1. The van der Waals surface area contributed by atoms with Gasteiger partial charge >= 0.3 is 0 Å². The van der Waals surface area contributed by atoms with Gasteiger partial charge in [-0.05, 0) is 32.0 Å². The second kappa shape index (κ2) is 7.84. The Morgan fingerprint density at radius 3 is 2.86 bits per heavy atom. The van der Waals surface area contributed by atoms with Gasteiger partial charge in [-0.1, -0.05) is 26.0 Å². The van der Waals surface area contributed by atoms with Crippen LogP contribution in [0.5, 0.6) is 5.75 Å². The highest BCUT2D eigenvalue weighted by molar-refractivity contribution is 5.64. The molecule has 1 heterocycles. The lowest BCUT2D eigenvalue weighted by atomic mass is 10.1. The Balaban J connectivity index is 1.99. The molecule has 0 bridgehead atoms. The molecule has 0 aliphatic heterocycles. The highest BCUT2D eigenvalue weighted by Gasteiger charge is 2.11. The van der Waals surface area contributed by atoms with Gasteiger partial charge < -0.3 is 14.5 Å². The number of aromatic nitrogens is 1. The number of rotatable bonds is 8. The first-order valence-corrected chi connectivity index (χ1v) is 7.61. The minimum atomic E-state index is 0.517. The molecule has 2 rings (SSSR count). The molecule has 0 amide bonds. The molecule has 1 N–H and O–H groups in total. The number of hydrogen-bond acceptors (Lipinski definition) is 4. The van der Waals surface area contributed by atoms with Crippen LogP contribution in [0, 0.1) is 0 Å². The monoisotopic (exact) mass is 288 g/mol. The van der Waals surface area contributed by atoms with E-state index in [1.807, 2.05) is 31.2 Å². The minimum Gasteiger partial charge on any atom is -0.493 e. The number of ether oxygens (including phenoxy) is 1. The van der Waals surface area contributed by atoms with E-state index in [-0.39, 0.29) is 0 Å². The third-order valence-electron chi connectivity index (χ3n) is 3.13. The molecule has 1 aromatic carbocycles. The largest absolute Gasteiger partial charge is 0.493 e. The van der Waals surface area contributed by atoms with Crippen molar-refractivity contribution < 1.29 is 9.15 Å². The van der Waals surface area contributed by atoms with Crippen LogP contribution < -0.4 is 10.1 Å². The van der Waals surface area contributed by atoms with Gasteiger partial charge in [-0.3, -0.25) is 0 Å². The summed E-state index contributed by atoms with van der Waals surface area (Å²) in [6, 6.07) is 8.40. The van der Waals surface area contributed by atoms with Crippen LogP contribution >= 0.6 is 0 Å². The van der Waals surface area contributed by atoms with Gasteiger partial charge in [-0.25, -0.2) is 4.98 Å². The van der Waals surface area contributed by atoms with Gasteiger partial charge in [0.1, 0.15) is 5.75 Å². The summed E-state index contributed by atoms with van der Waals surface area (Å²) in [5.74, 6) is 2.39. The fourth-order valence-corrected chi connectivity index (χ4v) is 2.13. The molecule has 114 valence electrons. The predicted molar refractivity (Wildman–Crippen MR) is 84.6 cm³/mol. The summed E-state index contributed by atoms with van der Waals surface area (Å²) in [7, 11) is 0. The Morgan fingerprint density at radius 2 is 2.10 bits per heavy atom. The summed E-state index contributed by atoms with van der Waals surface area (Å²) in [6.07, 6.45) is 3.64. The predicted octanol–water partition coefficient (Wildman–Crippen LogP) is 3.67. The van der Waals surface area contributed by atoms with E-state index in [1.54, 1.807) is 6.20 Å². The number of hydrogen-bond donors (Lipinski definition) is 1. The van der Waals surface area contributed by atoms with Gasteiger partial charge in [0, 0.05) is 12.5 Å². The topological polar surface area (TPSA) is 47.3 Å². The fraction of sp³-hybridized carbons (Fsp3) is 0.471. The zero-order chi connectivity index (χ0) is 15.1.